The minimum atomic E-state index is -0.711. The van der Waals surface area contributed by atoms with Gasteiger partial charge in [0.15, 0.2) is 0 Å². The van der Waals surface area contributed by atoms with Crippen LogP contribution >= 0.6 is 11.6 Å². The first-order valence-corrected chi connectivity index (χ1v) is 9.28. The third-order valence-electron chi connectivity index (χ3n) is 3.47. The molecule has 7 nitrogen and oxygen atoms in total. The molecule has 1 rings (SSSR count). The van der Waals surface area contributed by atoms with Gasteiger partial charge in [-0.25, -0.2) is 4.79 Å². The molecule has 0 heterocycles. The molecule has 0 saturated heterocycles. The summed E-state index contributed by atoms with van der Waals surface area (Å²) < 4.78 is 10.2. The largest absolute Gasteiger partial charge is 0.447 e. The van der Waals surface area contributed by atoms with Gasteiger partial charge in [-0.15, -0.1) is 0 Å². The van der Waals surface area contributed by atoms with E-state index in [1.54, 1.807) is 38.1 Å². The van der Waals surface area contributed by atoms with Crippen molar-refractivity contribution in [3.8, 4) is 5.75 Å². The van der Waals surface area contributed by atoms with E-state index in [2.05, 4.69) is 10.6 Å². The summed E-state index contributed by atoms with van der Waals surface area (Å²) in [6.07, 6.45) is -0.338. The topological polar surface area (TPSA) is 93.7 Å². The Morgan fingerprint density at radius 3 is 2.26 bits per heavy atom. The zero-order chi connectivity index (χ0) is 20.4. The van der Waals surface area contributed by atoms with Crippen LogP contribution in [0.4, 0.5) is 4.79 Å². The van der Waals surface area contributed by atoms with Gasteiger partial charge in [0.1, 0.15) is 11.8 Å². The molecule has 27 heavy (non-hydrogen) atoms. The van der Waals surface area contributed by atoms with Crippen LogP contribution in [0.15, 0.2) is 24.3 Å². The fourth-order valence-electron chi connectivity index (χ4n) is 2.15. The van der Waals surface area contributed by atoms with Gasteiger partial charge < -0.3 is 20.1 Å². The fraction of sp³-hybridized carbons (Fsp3) is 0.526. The lowest BCUT2D eigenvalue weighted by Gasteiger charge is -2.22. The second-order valence-electron chi connectivity index (χ2n) is 6.64. The maximum Gasteiger partial charge on any atom is 0.408 e. The SMILES string of the molecule is CC(C)OC(=O)NC(C(=O)NCCCC(=O)Oc1ccc(Cl)cc1)C(C)C. The van der Waals surface area contributed by atoms with Gasteiger partial charge in [0.25, 0.3) is 0 Å². The minimum absolute atomic E-state index is 0.111. The summed E-state index contributed by atoms with van der Waals surface area (Å²) in [5.41, 5.74) is 0. The average Bonchev–Trinajstić information content (AvgIpc) is 2.57. The number of carbonyl (C=O) groups excluding carboxylic acids is 3. The van der Waals surface area contributed by atoms with Gasteiger partial charge in [0.2, 0.25) is 5.91 Å². The summed E-state index contributed by atoms with van der Waals surface area (Å²) in [6.45, 7) is 7.39. The predicted molar refractivity (Wildman–Crippen MR) is 103 cm³/mol. The number of hydrogen-bond acceptors (Lipinski definition) is 5. The quantitative estimate of drug-likeness (QED) is 0.378. The molecule has 150 valence electrons. The van der Waals surface area contributed by atoms with Crippen molar-refractivity contribution in [2.75, 3.05) is 6.54 Å². The van der Waals surface area contributed by atoms with Crippen molar-refractivity contribution < 1.29 is 23.9 Å². The molecule has 0 aromatic heterocycles. The highest BCUT2D eigenvalue weighted by molar-refractivity contribution is 6.30. The summed E-state index contributed by atoms with van der Waals surface area (Å²) in [5.74, 6) is -0.414. The molecular formula is C19H27ClN2O5. The fourth-order valence-corrected chi connectivity index (χ4v) is 2.28. The molecule has 1 atom stereocenters. The summed E-state index contributed by atoms with van der Waals surface area (Å²) in [7, 11) is 0. The number of amides is 2. The molecule has 2 N–H and O–H groups in total. The zero-order valence-electron chi connectivity index (χ0n) is 16.1. The Hall–Kier alpha value is -2.28. The molecule has 8 heteroatoms. The van der Waals surface area contributed by atoms with Crippen LogP contribution in [0.3, 0.4) is 0 Å². The van der Waals surface area contributed by atoms with E-state index in [0.29, 0.717) is 23.7 Å². The van der Waals surface area contributed by atoms with Crippen LogP contribution in [0.25, 0.3) is 0 Å². The standard InChI is InChI=1S/C19H27ClN2O5/c1-12(2)17(22-19(25)26-13(3)4)18(24)21-11-5-6-16(23)27-15-9-7-14(20)8-10-15/h7-10,12-13,17H,5-6,11H2,1-4H3,(H,21,24)(H,22,25). The summed E-state index contributed by atoms with van der Waals surface area (Å²) in [5, 5.41) is 5.83. The van der Waals surface area contributed by atoms with E-state index >= 15 is 0 Å². The van der Waals surface area contributed by atoms with E-state index < -0.39 is 18.1 Å². The number of carbonyl (C=O) groups is 3. The van der Waals surface area contributed by atoms with E-state index in [1.165, 1.54) is 0 Å². The number of hydrogen-bond donors (Lipinski definition) is 2. The van der Waals surface area contributed by atoms with Crippen molar-refractivity contribution in [2.24, 2.45) is 5.92 Å². The summed E-state index contributed by atoms with van der Waals surface area (Å²) >= 11 is 5.77. The molecule has 1 aromatic carbocycles. The van der Waals surface area contributed by atoms with Gasteiger partial charge in [0, 0.05) is 18.0 Å². The number of benzene rings is 1. The van der Waals surface area contributed by atoms with Gasteiger partial charge in [-0.05, 0) is 50.5 Å². The maximum absolute atomic E-state index is 12.3. The number of alkyl carbamates (subject to hydrolysis) is 1. The molecule has 0 bridgehead atoms. The van der Waals surface area contributed by atoms with E-state index in [9.17, 15) is 14.4 Å². The highest BCUT2D eigenvalue weighted by Crippen LogP contribution is 2.16. The smallest absolute Gasteiger partial charge is 0.408 e. The average molecular weight is 399 g/mol. The molecule has 0 aliphatic heterocycles. The Kier molecular flexibility index (Phi) is 9.64. The van der Waals surface area contributed by atoms with Crippen LogP contribution in [0.5, 0.6) is 5.75 Å². The Labute approximate surface area is 164 Å². The first-order chi connectivity index (χ1) is 12.7. The Morgan fingerprint density at radius 2 is 1.70 bits per heavy atom. The van der Waals surface area contributed by atoms with Gasteiger partial charge in [-0.2, -0.15) is 0 Å². The monoisotopic (exact) mass is 398 g/mol. The maximum atomic E-state index is 12.3. The molecule has 1 unspecified atom stereocenters. The van der Waals surface area contributed by atoms with Crippen LogP contribution in [0, 0.1) is 5.92 Å². The molecule has 0 aliphatic rings. The highest BCUT2D eigenvalue weighted by Gasteiger charge is 2.24. The summed E-state index contributed by atoms with van der Waals surface area (Å²) in [4.78, 5) is 35.8. The molecule has 1 aromatic rings. The lowest BCUT2D eigenvalue weighted by molar-refractivity contribution is -0.134. The van der Waals surface area contributed by atoms with Crippen molar-refractivity contribution in [1.82, 2.24) is 10.6 Å². The van der Waals surface area contributed by atoms with E-state index in [1.807, 2.05) is 13.8 Å². The third kappa shape index (κ3) is 9.28. The van der Waals surface area contributed by atoms with Crippen molar-refractivity contribution >= 4 is 29.6 Å². The van der Waals surface area contributed by atoms with E-state index in [4.69, 9.17) is 21.1 Å². The zero-order valence-corrected chi connectivity index (χ0v) is 16.8. The molecule has 0 fully saturated rings. The van der Waals surface area contributed by atoms with Crippen molar-refractivity contribution in [2.45, 2.75) is 52.7 Å². The number of esters is 1. The number of halogens is 1. The second kappa shape index (κ2) is 11.4. The third-order valence-corrected chi connectivity index (χ3v) is 3.72. The molecule has 0 aliphatic carbocycles. The lowest BCUT2D eigenvalue weighted by Crippen LogP contribution is -2.50. The van der Waals surface area contributed by atoms with Gasteiger partial charge in [0.05, 0.1) is 6.10 Å². The van der Waals surface area contributed by atoms with Crippen molar-refractivity contribution in [1.29, 1.82) is 0 Å². The highest BCUT2D eigenvalue weighted by atomic mass is 35.5. The van der Waals surface area contributed by atoms with Crippen LogP contribution in [-0.2, 0) is 14.3 Å². The molecule has 0 spiro atoms. The van der Waals surface area contributed by atoms with Crippen LogP contribution in [-0.4, -0.2) is 36.7 Å². The molecular weight excluding hydrogens is 372 g/mol. The Morgan fingerprint density at radius 1 is 1.07 bits per heavy atom. The van der Waals surface area contributed by atoms with Crippen LogP contribution in [0.2, 0.25) is 5.02 Å². The number of nitrogens with one attached hydrogen (secondary N) is 2. The van der Waals surface area contributed by atoms with Gasteiger partial charge in [-0.3, -0.25) is 9.59 Å². The van der Waals surface area contributed by atoms with Crippen molar-refractivity contribution in [3.63, 3.8) is 0 Å². The lowest BCUT2D eigenvalue weighted by atomic mass is 10.0. The summed E-state index contributed by atoms with van der Waals surface area (Å²) in [6, 6.07) is 5.77. The first kappa shape index (κ1) is 22.8. The normalized spacial score (nSPS) is 11.8. The number of rotatable bonds is 9. The van der Waals surface area contributed by atoms with Gasteiger partial charge >= 0.3 is 12.1 Å². The predicted octanol–water partition coefficient (Wildman–Crippen LogP) is 3.30. The van der Waals surface area contributed by atoms with Crippen molar-refractivity contribution in [3.05, 3.63) is 29.3 Å². The first-order valence-electron chi connectivity index (χ1n) is 8.90. The molecule has 2 amide bonds. The Bertz CT molecular complexity index is 631. The van der Waals surface area contributed by atoms with E-state index in [-0.39, 0.29) is 24.3 Å². The number of ether oxygens (including phenoxy) is 2. The van der Waals surface area contributed by atoms with E-state index in [0.717, 1.165) is 0 Å². The molecule has 0 radical (unpaired) electrons. The Balaban J connectivity index is 2.35. The van der Waals surface area contributed by atoms with Crippen LogP contribution < -0.4 is 15.4 Å². The van der Waals surface area contributed by atoms with Gasteiger partial charge in [-0.1, -0.05) is 25.4 Å². The minimum Gasteiger partial charge on any atom is -0.447 e. The second-order valence-corrected chi connectivity index (χ2v) is 7.08. The molecule has 0 saturated carbocycles. The van der Waals surface area contributed by atoms with Crippen LogP contribution in [0.1, 0.15) is 40.5 Å².